The zero-order valence-corrected chi connectivity index (χ0v) is 20.0. The Morgan fingerprint density at radius 1 is 1.09 bits per heavy atom. The van der Waals surface area contributed by atoms with Crippen LogP contribution in [-0.4, -0.2) is 44.8 Å². The summed E-state index contributed by atoms with van der Waals surface area (Å²) in [5, 5.41) is 3.34. The first-order chi connectivity index (χ1) is 15.3. The van der Waals surface area contributed by atoms with Crippen LogP contribution in [-0.2, 0) is 27.6 Å². The van der Waals surface area contributed by atoms with Crippen molar-refractivity contribution in [3.8, 4) is 0 Å². The molecule has 1 N–H and O–H groups in total. The molecule has 0 saturated carbocycles. The second-order valence-electron chi connectivity index (χ2n) is 8.47. The maximum absolute atomic E-state index is 12.9. The molecule has 1 amide bonds. The number of amides is 1. The molecule has 1 aromatic carbocycles. The average Bonchev–Trinajstić information content (AvgIpc) is 3.16. The molecule has 1 fully saturated rings. The van der Waals surface area contributed by atoms with Crippen molar-refractivity contribution in [2.75, 3.05) is 25.5 Å². The molecule has 0 bridgehead atoms. The van der Waals surface area contributed by atoms with Gasteiger partial charge in [-0.25, -0.2) is 13.2 Å². The molecule has 0 unspecified atom stereocenters. The van der Waals surface area contributed by atoms with Gasteiger partial charge in [0.2, 0.25) is 10.0 Å². The van der Waals surface area contributed by atoms with Crippen LogP contribution in [0.1, 0.15) is 63.8 Å². The van der Waals surface area contributed by atoms with E-state index in [-0.39, 0.29) is 10.8 Å². The van der Waals surface area contributed by atoms with Crippen LogP contribution in [0.4, 0.5) is 5.00 Å². The van der Waals surface area contributed by atoms with Gasteiger partial charge in [-0.05, 0) is 74.3 Å². The Hall–Kier alpha value is -2.23. The van der Waals surface area contributed by atoms with E-state index in [1.807, 2.05) is 0 Å². The Kier molecular flexibility index (Phi) is 6.69. The van der Waals surface area contributed by atoms with E-state index in [0.29, 0.717) is 35.1 Å². The lowest BCUT2D eigenvalue weighted by Crippen LogP contribution is -2.37. The van der Waals surface area contributed by atoms with Crippen LogP contribution in [0.5, 0.6) is 0 Å². The van der Waals surface area contributed by atoms with E-state index in [0.717, 1.165) is 49.0 Å². The number of piperidine rings is 1. The van der Waals surface area contributed by atoms with Crippen LogP contribution in [0, 0.1) is 5.92 Å². The first-order valence-electron chi connectivity index (χ1n) is 11.0. The van der Waals surface area contributed by atoms with Gasteiger partial charge in [-0.15, -0.1) is 11.3 Å². The molecule has 7 nitrogen and oxygen atoms in total. The van der Waals surface area contributed by atoms with Gasteiger partial charge in [0.15, 0.2) is 0 Å². The van der Waals surface area contributed by atoms with Gasteiger partial charge >= 0.3 is 5.97 Å². The first kappa shape index (κ1) is 22.9. The van der Waals surface area contributed by atoms with Crippen LogP contribution < -0.4 is 5.32 Å². The fraction of sp³-hybridized carbons (Fsp3) is 0.478. The number of hydrogen-bond acceptors (Lipinski definition) is 6. The third kappa shape index (κ3) is 4.46. The second-order valence-corrected chi connectivity index (χ2v) is 11.5. The monoisotopic (exact) mass is 476 g/mol. The highest BCUT2D eigenvalue weighted by molar-refractivity contribution is 7.89. The highest BCUT2D eigenvalue weighted by Crippen LogP contribution is 2.38. The van der Waals surface area contributed by atoms with Gasteiger partial charge in [0.05, 0.1) is 17.6 Å². The number of nitrogens with zero attached hydrogens (tertiary/aromatic N) is 1. The van der Waals surface area contributed by atoms with Crippen molar-refractivity contribution in [2.24, 2.45) is 5.92 Å². The van der Waals surface area contributed by atoms with Gasteiger partial charge in [0.25, 0.3) is 5.91 Å². The van der Waals surface area contributed by atoms with Crippen molar-refractivity contribution in [2.45, 2.75) is 50.3 Å². The summed E-state index contributed by atoms with van der Waals surface area (Å²) < 4.78 is 32.3. The maximum Gasteiger partial charge on any atom is 0.341 e. The number of thiophene rings is 1. The van der Waals surface area contributed by atoms with Gasteiger partial charge in [0, 0.05) is 23.5 Å². The Morgan fingerprint density at radius 3 is 2.41 bits per heavy atom. The van der Waals surface area contributed by atoms with Gasteiger partial charge in [0.1, 0.15) is 5.00 Å². The molecular formula is C23H28N2O5S2. The molecule has 1 aromatic heterocycles. The van der Waals surface area contributed by atoms with Crippen molar-refractivity contribution in [3.63, 3.8) is 0 Å². The predicted molar refractivity (Wildman–Crippen MR) is 124 cm³/mol. The Bertz CT molecular complexity index is 1110. The van der Waals surface area contributed by atoms with Gasteiger partial charge < -0.3 is 10.1 Å². The van der Waals surface area contributed by atoms with Crippen molar-refractivity contribution in [1.82, 2.24) is 4.31 Å². The van der Waals surface area contributed by atoms with E-state index < -0.39 is 16.0 Å². The molecule has 2 aliphatic rings. The Morgan fingerprint density at radius 2 is 1.75 bits per heavy atom. The fourth-order valence-electron chi connectivity index (χ4n) is 4.30. The van der Waals surface area contributed by atoms with Crippen molar-refractivity contribution >= 4 is 38.2 Å². The molecule has 0 spiro atoms. The average molecular weight is 477 g/mol. The van der Waals surface area contributed by atoms with Crippen LogP contribution in [0.2, 0.25) is 0 Å². The number of rotatable bonds is 5. The number of anilines is 1. The number of carbonyl (C=O) groups excluding carboxylic acids is 2. The maximum atomic E-state index is 12.9. The molecule has 1 saturated heterocycles. The minimum Gasteiger partial charge on any atom is -0.465 e. The number of aryl methyl sites for hydroxylation is 1. The smallest absolute Gasteiger partial charge is 0.341 e. The molecule has 9 heteroatoms. The molecule has 4 rings (SSSR count). The SMILES string of the molecule is COC(=O)c1c(NC(=O)c2ccc(S(=O)(=O)N3CCC(C)CC3)cc2)sc2c1CCCC2. The standard InChI is InChI=1S/C23H28N2O5S2/c1-15-11-13-25(14-12-15)32(28,29)17-9-7-16(8-10-17)21(26)24-22-20(23(27)30-2)18-5-3-4-6-19(18)31-22/h7-10,15H,3-6,11-14H2,1-2H3,(H,24,26). The van der Waals surface area contributed by atoms with Gasteiger partial charge in [-0.2, -0.15) is 4.31 Å². The molecule has 32 heavy (non-hydrogen) atoms. The van der Waals surface area contributed by atoms with Crippen molar-refractivity contribution in [3.05, 3.63) is 45.8 Å². The van der Waals surface area contributed by atoms with E-state index in [2.05, 4.69) is 12.2 Å². The zero-order chi connectivity index (χ0) is 22.9. The number of fused-ring (bicyclic) bond motifs is 1. The van der Waals surface area contributed by atoms with E-state index in [1.165, 1.54) is 47.0 Å². The predicted octanol–water partition coefficient (Wildman–Crippen LogP) is 4.09. The number of esters is 1. The topological polar surface area (TPSA) is 92.8 Å². The van der Waals surface area contributed by atoms with E-state index in [1.54, 1.807) is 0 Å². The molecule has 1 aliphatic heterocycles. The molecule has 2 aromatic rings. The third-order valence-electron chi connectivity index (χ3n) is 6.28. The summed E-state index contributed by atoms with van der Waals surface area (Å²) in [4.78, 5) is 26.5. The zero-order valence-electron chi connectivity index (χ0n) is 18.3. The van der Waals surface area contributed by atoms with E-state index in [9.17, 15) is 18.0 Å². The molecule has 0 atom stereocenters. The number of hydrogen-bond donors (Lipinski definition) is 1. The highest BCUT2D eigenvalue weighted by Gasteiger charge is 2.29. The van der Waals surface area contributed by atoms with Gasteiger partial charge in [-0.3, -0.25) is 4.79 Å². The number of nitrogens with one attached hydrogen (secondary N) is 1. The van der Waals surface area contributed by atoms with E-state index in [4.69, 9.17) is 4.74 Å². The Labute approximate surface area is 192 Å². The summed E-state index contributed by atoms with van der Waals surface area (Å²) in [6.07, 6.45) is 5.47. The minimum atomic E-state index is -3.57. The third-order valence-corrected chi connectivity index (χ3v) is 9.40. The minimum absolute atomic E-state index is 0.186. The number of carbonyl (C=O) groups is 2. The lowest BCUT2D eigenvalue weighted by Gasteiger charge is -2.29. The summed E-state index contributed by atoms with van der Waals surface area (Å²) >= 11 is 1.42. The number of benzene rings is 1. The summed E-state index contributed by atoms with van der Waals surface area (Å²) in [6.45, 7) is 3.17. The molecule has 2 heterocycles. The largest absolute Gasteiger partial charge is 0.465 e. The lowest BCUT2D eigenvalue weighted by atomic mass is 9.95. The molecule has 0 radical (unpaired) electrons. The summed E-state index contributed by atoms with van der Waals surface area (Å²) in [5.41, 5.74) is 1.75. The molecule has 172 valence electrons. The molecular weight excluding hydrogens is 448 g/mol. The number of sulfonamides is 1. The summed E-state index contributed by atoms with van der Waals surface area (Å²) in [7, 11) is -2.23. The number of methoxy groups -OCH3 is 1. The summed E-state index contributed by atoms with van der Waals surface area (Å²) in [5.74, 6) is -0.299. The van der Waals surface area contributed by atoms with E-state index >= 15 is 0 Å². The normalized spacial score (nSPS) is 17.6. The highest BCUT2D eigenvalue weighted by atomic mass is 32.2. The van der Waals surface area contributed by atoms with Crippen LogP contribution in [0.15, 0.2) is 29.2 Å². The first-order valence-corrected chi connectivity index (χ1v) is 13.2. The quantitative estimate of drug-likeness (QED) is 0.656. The fourth-order valence-corrected chi connectivity index (χ4v) is 7.04. The van der Waals surface area contributed by atoms with Crippen LogP contribution in [0.25, 0.3) is 0 Å². The van der Waals surface area contributed by atoms with Crippen molar-refractivity contribution < 1.29 is 22.7 Å². The molecule has 1 aliphatic carbocycles. The Balaban J connectivity index is 1.53. The second kappa shape index (κ2) is 9.33. The lowest BCUT2D eigenvalue weighted by molar-refractivity contribution is 0.0601. The number of ether oxygens (including phenoxy) is 1. The van der Waals surface area contributed by atoms with Crippen LogP contribution in [0.3, 0.4) is 0 Å². The van der Waals surface area contributed by atoms with Crippen molar-refractivity contribution in [1.29, 1.82) is 0 Å². The van der Waals surface area contributed by atoms with Crippen LogP contribution >= 0.6 is 11.3 Å². The van der Waals surface area contributed by atoms with Gasteiger partial charge in [-0.1, -0.05) is 6.92 Å². The summed E-state index contributed by atoms with van der Waals surface area (Å²) in [6, 6.07) is 5.98.